The number of alkyl halides is 10. The number of halogens is 10. The molecule has 0 saturated carbocycles. The van der Waals surface area contributed by atoms with E-state index in [4.69, 9.17) is 5.11 Å². The Kier molecular flexibility index (Phi) is 18.8. The number of aliphatic hydroxyl groups excluding tert-OH is 1. The maximum atomic E-state index is 13.8. The van der Waals surface area contributed by atoms with E-state index in [0.717, 1.165) is 18.2 Å². The molecule has 1 amide bonds. The number of hydrogen-bond donors (Lipinski definition) is 2. The van der Waals surface area contributed by atoms with Crippen molar-refractivity contribution in [2.75, 3.05) is 38.1 Å². The molecule has 1 fully saturated rings. The van der Waals surface area contributed by atoms with Gasteiger partial charge in [-0.25, -0.2) is 29.9 Å². The number of carbonyl (C=O) groups excluding carboxylic acids is 1. The van der Waals surface area contributed by atoms with Gasteiger partial charge in [-0.2, -0.15) is 55.3 Å². The number of pyridine rings is 3. The first-order valence-electron chi connectivity index (χ1n) is 25.9. The maximum absolute atomic E-state index is 13.8. The van der Waals surface area contributed by atoms with E-state index >= 15 is 0 Å². The van der Waals surface area contributed by atoms with E-state index in [0.29, 0.717) is 88.6 Å². The van der Waals surface area contributed by atoms with Gasteiger partial charge >= 0.3 is 18.5 Å². The van der Waals surface area contributed by atoms with Gasteiger partial charge in [0.2, 0.25) is 5.91 Å². The van der Waals surface area contributed by atoms with Gasteiger partial charge in [0.05, 0.1) is 75.8 Å². The Balaban J connectivity index is 0.000000166. The van der Waals surface area contributed by atoms with Gasteiger partial charge in [0.1, 0.15) is 34.8 Å². The molecule has 2 N–H and O–H groups in total. The number of carbonyl (C=O) groups is 1. The van der Waals surface area contributed by atoms with E-state index in [-0.39, 0.29) is 94.6 Å². The van der Waals surface area contributed by atoms with Crippen LogP contribution in [0.25, 0.3) is 66.9 Å². The van der Waals surface area contributed by atoms with Crippen molar-refractivity contribution >= 4 is 54.9 Å². The van der Waals surface area contributed by atoms with Gasteiger partial charge in [0.15, 0.2) is 17.1 Å². The fraction of sp³-hybridized carbons (Fsp3) is 0.310. The highest BCUT2D eigenvalue weighted by Gasteiger charge is 2.36. The lowest BCUT2D eigenvalue weighted by molar-refractivity contribution is -0.139. The van der Waals surface area contributed by atoms with Gasteiger partial charge in [0, 0.05) is 62.9 Å². The average Bonchev–Trinajstić information content (AvgIpc) is 2.05. The van der Waals surface area contributed by atoms with Crippen LogP contribution >= 0.6 is 15.9 Å². The number of aliphatic hydroxyl groups is 1. The van der Waals surface area contributed by atoms with Gasteiger partial charge in [-0.15, -0.1) is 0 Å². The van der Waals surface area contributed by atoms with Crippen molar-refractivity contribution in [1.29, 1.82) is 15.8 Å². The minimum atomic E-state index is -4.52. The quantitative estimate of drug-likeness (QED) is 0.0814. The second-order valence-electron chi connectivity index (χ2n) is 19.5. The molecule has 84 heavy (non-hydrogen) atoms. The Morgan fingerprint density at radius 3 is 1.24 bits per heavy atom. The standard InChI is InChI=1S/C22H21F3N6O.C18H14BrF3N4.C18H15F3N4O/c1-30-13-28-21-18(11-26)29-17(10-19(21)30)15-5-4-14(16(9-15)22(23,24)25)3-2-7-31-8-6-27-20(32)12-31;1-26-10-24-17-15(9-23)25-14(8-16(17)26)12-5-4-11(3-2-6-19)13(7-12)18(20,21)22;1-25-10-23-17-15(9-22)24-14(8-16(17)25)12-5-4-11(3-2-6-26)13(7-12)18(19,20)21/h4-5,9-10,13H,2-3,6-8,12H2,1H3,(H,27,32);4-5,7-8,10H,2-3,6H2,1H3;4-5,7-8,10,26H,2-3,6H2,1H3. The number of fused-ring (bicyclic) bond motifs is 3. The number of nitriles is 3. The van der Waals surface area contributed by atoms with E-state index in [1.54, 1.807) is 77.6 Å². The maximum Gasteiger partial charge on any atom is 0.416 e. The van der Waals surface area contributed by atoms with Crippen molar-refractivity contribution in [3.63, 3.8) is 0 Å². The number of nitrogens with one attached hydrogen (secondary N) is 1. The smallest absolute Gasteiger partial charge is 0.396 e. The fourth-order valence-electron chi connectivity index (χ4n) is 9.62. The molecule has 0 spiro atoms. The van der Waals surface area contributed by atoms with Crippen LogP contribution in [0.4, 0.5) is 39.5 Å². The SMILES string of the molecule is Cn1cnc2c(C#N)nc(-c3ccc(CCCBr)c(C(F)(F)F)c3)cc21.Cn1cnc2c(C#N)nc(-c3ccc(CCCN4CCNC(=O)C4)c(C(F)(F)F)c3)cc21.Cn1cnc2c(C#N)nc(-c3ccc(CCCO)c(C(F)(F)F)c3)cc21. The first kappa shape index (κ1) is 61.3. The second-order valence-corrected chi connectivity index (χ2v) is 20.3. The Morgan fingerprint density at radius 1 is 0.560 bits per heavy atom. The molecule has 3 aromatic carbocycles. The molecular weight excluding hydrogens is 1180 g/mol. The van der Waals surface area contributed by atoms with Crippen LogP contribution in [0.15, 0.2) is 91.8 Å². The highest BCUT2D eigenvalue weighted by molar-refractivity contribution is 9.09. The first-order chi connectivity index (χ1) is 39.9. The Labute approximate surface area is 482 Å². The predicted molar refractivity (Wildman–Crippen MR) is 296 cm³/mol. The molecule has 16 nitrogen and oxygen atoms in total. The summed E-state index contributed by atoms with van der Waals surface area (Å²) in [7, 11) is 5.24. The van der Waals surface area contributed by atoms with Crippen LogP contribution in [0.3, 0.4) is 0 Å². The summed E-state index contributed by atoms with van der Waals surface area (Å²) < 4.78 is 127. The predicted octanol–water partition coefficient (Wildman–Crippen LogP) is 11.2. The topological polar surface area (TPSA) is 216 Å². The Bertz CT molecular complexity index is 3870. The van der Waals surface area contributed by atoms with Crippen LogP contribution in [0.1, 0.15) is 69.7 Å². The van der Waals surface area contributed by atoms with Crippen LogP contribution in [0.2, 0.25) is 0 Å². The number of piperazine rings is 1. The third kappa shape index (κ3) is 14.0. The molecule has 0 bridgehead atoms. The summed E-state index contributed by atoms with van der Waals surface area (Å²) in [5.41, 5.74) is 3.56. The van der Waals surface area contributed by atoms with Crippen molar-refractivity contribution in [2.24, 2.45) is 21.1 Å². The average molecular weight is 1230 g/mol. The molecule has 7 heterocycles. The molecule has 10 rings (SSSR count). The van der Waals surface area contributed by atoms with Crippen molar-refractivity contribution in [3.05, 3.63) is 142 Å². The summed E-state index contributed by atoms with van der Waals surface area (Å²) in [5, 5.41) is 40.2. The van der Waals surface area contributed by atoms with Gasteiger partial charge in [-0.1, -0.05) is 52.3 Å². The lowest BCUT2D eigenvalue weighted by Crippen LogP contribution is -2.47. The zero-order valence-electron chi connectivity index (χ0n) is 45.1. The van der Waals surface area contributed by atoms with Crippen LogP contribution < -0.4 is 5.32 Å². The number of hydrogen-bond acceptors (Lipinski definition) is 12. The summed E-state index contributed by atoms with van der Waals surface area (Å²) in [6, 6.07) is 23.1. The molecule has 0 unspecified atom stereocenters. The van der Waals surface area contributed by atoms with Gasteiger partial charge in [-0.3, -0.25) is 9.69 Å². The summed E-state index contributed by atoms with van der Waals surface area (Å²) >= 11 is 3.24. The molecular formula is C58H50BrF9N14O2. The molecule has 0 aliphatic carbocycles. The highest BCUT2D eigenvalue weighted by Crippen LogP contribution is 2.39. The van der Waals surface area contributed by atoms with E-state index in [1.165, 1.54) is 30.9 Å². The normalized spacial score (nSPS) is 13.0. The zero-order valence-corrected chi connectivity index (χ0v) is 46.7. The molecule has 0 atom stereocenters. The van der Waals surface area contributed by atoms with Crippen molar-refractivity contribution in [2.45, 2.75) is 57.1 Å². The van der Waals surface area contributed by atoms with E-state index < -0.39 is 35.2 Å². The molecule has 26 heteroatoms. The summed E-state index contributed by atoms with van der Waals surface area (Å²) in [5.74, 6) is -0.0637. The van der Waals surface area contributed by atoms with Crippen LogP contribution in [-0.2, 0) is 63.7 Å². The van der Waals surface area contributed by atoms with Crippen molar-refractivity contribution in [1.82, 2.24) is 53.8 Å². The molecule has 0 radical (unpaired) electrons. The third-order valence-corrected chi connectivity index (χ3v) is 14.4. The highest BCUT2D eigenvalue weighted by atomic mass is 79.9. The van der Waals surface area contributed by atoms with Crippen molar-refractivity contribution < 1.29 is 49.4 Å². The van der Waals surface area contributed by atoms with E-state index in [2.05, 4.69) is 51.2 Å². The number of benzene rings is 3. The largest absolute Gasteiger partial charge is 0.416 e. The monoisotopic (exact) mass is 1220 g/mol. The molecule has 1 saturated heterocycles. The number of rotatable bonds is 13. The number of imidazole rings is 3. The number of aryl methyl sites for hydroxylation is 6. The minimum absolute atomic E-state index is 0.0637. The summed E-state index contributed by atoms with van der Waals surface area (Å²) in [6.07, 6.45) is -6.82. The zero-order chi connectivity index (χ0) is 60.7. The first-order valence-corrected chi connectivity index (χ1v) is 27.0. The van der Waals surface area contributed by atoms with E-state index in [9.17, 15) is 60.1 Å². The second kappa shape index (κ2) is 25.8. The minimum Gasteiger partial charge on any atom is -0.396 e. The molecule has 6 aromatic heterocycles. The Hall–Kier alpha value is -8.77. The third-order valence-electron chi connectivity index (χ3n) is 13.8. The fourth-order valence-corrected chi connectivity index (χ4v) is 9.90. The van der Waals surface area contributed by atoms with Gasteiger partial charge < -0.3 is 24.1 Å². The molecule has 434 valence electrons. The van der Waals surface area contributed by atoms with Crippen LogP contribution in [0, 0.1) is 34.0 Å². The molecule has 1 aliphatic heterocycles. The van der Waals surface area contributed by atoms with Gasteiger partial charge in [-0.05, 0) is 98.2 Å². The molecule has 9 aromatic rings. The van der Waals surface area contributed by atoms with Crippen LogP contribution in [-0.4, -0.2) is 97.6 Å². The molecule has 1 aliphatic rings. The lowest BCUT2D eigenvalue weighted by Gasteiger charge is -2.26. The van der Waals surface area contributed by atoms with Gasteiger partial charge in [0.25, 0.3) is 0 Å². The van der Waals surface area contributed by atoms with Crippen LogP contribution in [0.5, 0.6) is 0 Å². The van der Waals surface area contributed by atoms with E-state index in [1.807, 2.05) is 23.1 Å². The lowest BCUT2D eigenvalue weighted by atomic mass is 9.97. The summed E-state index contributed by atoms with van der Waals surface area (Å²) in [4.78, 5) is 38.4. The summed E-state index contributed by atoms with van der Waals surface area (Å²) in [6.45, 7) is 1.90. The van der Waals surface area contributed by atoms with Crippen molar-refractivity contribution in [3.8, 4) is 52.0 Å². The number of aromatic nitrogens is 9. The Morgan fingerprint density at radius 2 is 0.917 bits per heavy atom. The number of nitrogens with zero attached hydrogens (tertiary/aromatic N) is 13. The number of amides is 1.